The Balaban J connectivity index is 1.65. The zero-order chi connectivity index (χ0) is 19.1. The first kappa shape index (κ1) is 19.2. The second-order valence-electron chi connectivity index (χ2n) is 6.90. The maximum Gasteiger partial charge on any atom is 0.227 e. The fourth-order valence-electron chi connectivity index (χ4n) is 3.51. The van der Waals surface area contributed by atoms with Crippen molar-refractivity contribution in [1.29, 1.82) is 0 Å². The second kappa shape index (κ2) is 8.91. The fourth-order valence-corrected chi connectivity index (χ4v) is 3.51. The van der Waals surface area contributed by atoms with E-state index in [-0.39, 0.29) is 5.91 Å². The number of ether oxygens (including phenoxy) is 3. The minimum absolute atomic E-state index is 0.0836. The first-order chi connectivity index (χ1) is 13.2. The number of carbonyl (C=O) groups is 1. The van der Waals surface area contributed by atoms with E-state index in [1.54, 1.807) is 14.2 Å². The van der Waals surface area contributed by atoms with E-state index >= 15 is 0 Å². The number of carbonyl (C=O) groups excluding carboxylic acids is 1. The maximum absolute atomic E-state index is 12.9. The first-order valence-electron chi connectivity index (χ1n) is 9.28. The monoisotopic (exact) mass is 369 g/mol. The molecule has 1 aliphatic heterocycles. The van der Waals surface area contributed by atoms with Gasteiger partial charge in [-0.25, -0.2) is 0 Å². The van der Waals surface area contributed by atoms with Gasteiger partial charge in [0, 0.05) is 19.2 Å². The molecule has 1 saturated heterocycles. The molecule has 2 aromatic carbocycles. The van der Waals surface area contributed by atoms with E-state index < -0.39 is 5.60 Å². The third-order valence-corrected chi connectivity index (χ3v) is 5.10. The largest absolute Gasteiger partial charge is 0.496 e. The molecule has 1 atom stereocenters. The molecular formula is C22H27NO4. The number of hydrogen-bond donors (Lipinski definition) is 0. The van der Waals surface area contributed by atoms with Crippen LogP contribution in [0.25, 0.3) is 0 Å². The molecule has 0 bridgehead atoms. The molecule has 2 aromatic rings. The number of para-hydroxylation sites is 2. The average molecular weight is 369 g/mol. The molecule has 5 heteroatoms. The van der Waals surface area contributed by atoms with Gasteiger partial charge in [-0.3, -0.25) is 4.79 Å². The molecule has 0 N–H and O–H groups in total. The summed E-state index contributed by atoms with van der Waals surface area (Å²) in [6, 6.07) is 17.3. The third-order valence-electron chi connectivity index (χ3n) is 5.10. The van der Waals surface area contributed by atoms with E-state index in [0.29, 0.717) is 19.6 Å². The fraction of sp³-hybridized carbons (Fsp3) is 0.409. The Morgan fingerprint density at radius 1 is 1.07 bits per heavy atom. The van der Waals surface area contributed by atoms with E-state index in [4.69, 9.17) is 14.2 Å². The summed E-state index contributed by atoms with van der Waals surface area (Å²) >= 11 is 0. The van der Waals surface area contributed by atoms with Gasteiger partial charge in [0.15, 0.2) is 0 Å². The van der Waals surface area contributed by atoms with Crippen molar-refractivity contribution in [2.45, 2.75) is 24.9 Å². The van der Waals surface area contributed by atoms with E-state index in [1.165, 1.54) is 0 Å². The van der Waals surface area contributed by atoms with Crippen LogP contribution in [0.15, 0.2) is 54.6 Å². The van der Waals surface area contributed by atoms with Crippen molar-refractivity contribution in [1.82, 2.24) is 4.90 Å². The van der Waals surface area contributed by atoms with Crippen molar-refractivity contribution in [3.05, 3.63) is 60.2 Å². The zero-order valence-electron chi connectivity index (χ0n) is 16.0. The molecule has 0 aromatic heterocycles. The van der Waals surface area contributed by atoms with E-state index in [1.807, 2.05) is 59.5 Å². The van der Waals surface area contributed by atoms with Gasteiger partial charge in [0.05, 0.1) is 20.1 Å². The zero-order valence-corrected chi connectivity index (χ0v) is 16.0. The molecule has 5 nitrogen and oxygen atoms in total. The smallest absolute Gasteiger partial charge is 0.227 e. The summed E-state index contributed by atoms with van der Waals surface area (Å²) in [6.45, 7) is 1.70. The van der Waals surface area contributed by atoms with Gasteiger partial charge >= 0.3 is 0 Å². The highest BCUT2D eigenvalue weighted by Gasteiger charge is 2.38. The van der Waals surface area contributed by atoms with Crippen molar-refractivity contribution < 1.29 is 19.0 Å². The summed E-state index contributed by atoms with van der Waals surface area (Å²) in [6.07, 6.45) is 2.09. The van der Waals surface area contributed by atoms with Crippen molar-refractivity contribution >= 4 is 5.91 Å². The molecule has 27 heavy (non-hydrogen) atoms. The number of likely N-dealkylation sites (tertiary alicyclic amines) is 1. The molecule has 144 valence electrons. The van der Waals surface area contributed by atoms with Crippen molar-refractivity contribution in [2.75, 3.05) is 33.9 Å². The Labute approximate surface area is 160 Å². The van der Waals surface area contributed by atoms with Crippen LogP contribution in [0.1, 0.15) is 18.4 Å². The van der Waals surface area contributed by atoms with Crippen LogP contribution in [-0.4, -0.2) is 50.3 Å². The van der Waals surface area contributed by atoms with Gasteiger partial charge in [0.1, 0.15) is 23.7 Å². The lowest BCUT2D eigenvalue weighted by Gasteiger charge is -2.41. The third kappa shape index (κ3) is 4.80. The van der Waals surface area contributed by atoms with Crippen LogP contribution in [0.3, 0.4) is 0 Å². The van der Waals surface area contributed by atoms with Crippen LogP contribution in [0, 0.1) is 0 Å². The summed E-state index contributed by atoms with van der Waals surface area (Å²) < 4.78 is 17.1. The predicted octanol–water partition coefficient (Wildman–Crippen LogP) is 3.32. The Bertz CT molecular complexity index is 749. The molecule has 3 rings (SSSR count). The van der Waals surface area contributed by atoms with E-state index in [0.717, 1.165) is 36.4 Å². The van der Waals surface area contributed by atoms with E-state index in [9.17, 15) is 4.79 Å². The highest BCUT2D eigenvalue weighted by molar-refractivity contribution is 5.79. The number of methoxy groups -OCH3 is 2. The lowest BCUT2D eigenvalue weighted by atomic mass is 9.92. The van der Waals surface area contributed by atoms with Crippen LogP contribution in [0.2, 0.25) is 0 Å². The summed E-state index contributed by atoms with van der Waals surface area (Å²) in [5, 5.41) is 0. The van der Waals surface area contributed by atoms with Gasteiger partial charge in [0.25, 0.3) is 0 Å². The van der Waals surface area contributed by atoms with Crippen LogP contribution in [-0.2, 0) is 16.0 Å². The number of rotatable bonds is 7. The molecule has 1 unspecified atom stereocenters. The highest BCUT2D eigenvalue weighted by atomic mass is 16.5. The maximum atomic E-state index is 12.9. The Hall–Kier alpha value is -2.53. The molecular weight excluding hydrogens is 342 g/mol. The van der Waals surface area contributed by atoms with Crippen LogP contribution in [0.5, 0.6) is 11.5 Å². The van der Waals surface area contributed by atoms with Crippen molar-refractivity contribution in [3.8, 4) is 11.5 Å². The minimum Gasteiger partial charge on any atom is -0.496 e. The quantitative estimate of drug-likeness (QED) is 0.751. The molecule has 1 fully saturated rings. The molecule has 0 aliphatic carbocycles. The van der Waals surface area contributed by atoms with Gasteiger partial charge < -0.3 is 19.1 Å². The molecule has 0 spiro atoms. The standard InChI is InChI=1S/C22H27NO4/c1-25-20-12-7-6-9-18(20)15-21(24)23-14-8-13-22(16-23,26-2)17-27-19-10-4-3-5-11-19/h3-7,9-12H,8,13-17H2,1-2H3. The van der Waals surface area contributed by atoms with Crippen LogP contribution >= 0.6 is 0 Å². The molecule has 1 heterocycles. The Morgan fingerprint density at radius 3 is 2.56 bits per heavy atom. The van der Waals surface area contributed by atoms with Gasteiger partial charge in [-0.15, -0.1) is 0 Å². The van der Waals surface area contributed by atoms with Gasteiger partial charge in [-0.05, 0) is 31.0 Å². The summed E-state index contributed by atoms with van der Waals surface area (Å²) in [5.41, 5.74) is 0.420. The van der Waals surface area contributed by atoms with Gasteiger partial charge in [-0.2, -0.15) is 0 Å². The summed E-state index contributed by atoms with van der Waals surface area (Å²) in [5.74, 6) is 1.64. The normalized spacial score (nSPS) is 19.6. The van der Waals surface area contributed by atoms with Crippen LogP contribution in [0.4, 0.5) is 0 Å². The highest BCUT2D eigenvalue weighted by Crippen LogP contribution is 2.27. The van der Waals surface area contributed by atoms with Gasteiger partial charge in [-0.1, -0.05) is 36.4 Å². The Morgan fingerprint density at radius 2 is 1.81 bits per heavy atom. The predicted molar refractivity (Wildman–Crippen MR) is 104 cm³/mol. The number of nitrogens with zero attached hydrogens (tertiary/aromatic N) is 1. The lowest BCUT2D eigenvalue weighted by Crippen LogP contribution is -2.54. The second-order valence-corrected chi connectivity index (χ2v) is 6.90. The first-order valence-corrected chi connectivity index (χ1v) is 9.28. The molecule has 1 aliphatic rings. The van der Waals surface area contributed by atoms with Crippen molar-refractivity contribution in [3.63, 3.8) is 0 Å². The average Bonchev–Trinajstić information content (AvgIpc) is 2.73. The number of benzene rings is 2. The minimum atomic E-state index is -0.482. The number of amides is 1. The van der Waals surface area contributed by atoms with Crippen LogP contribution < -0.4 is 9.47 Å². The topological polar surface area (TPSA) is 48.0 Å². The molecule has 0 saturated carbocycles. The summed E-state index contributed by atoms with van der Waals surface area (Å²) in [7, 11) is 3.32. The lowest BCUT2D eigenvalue weighted by molar-refractivity contribution is -0.142. The molecule has 0 radical (unpaired) electrons. The summed E-state index contributed by atoms with van der Waals surface area (Å²) in [4.78, 5) is 14.8. The SMILES string of the molecule is COc1ccccc1CC(=O)N1CCCC(COc2ccccc2)(OC)C1. The van der Waals surface area contributed by atoms with Crippen molar-refractivity contribution in [2.24, 2.45) is 0 Å². The molecule has 1 amide bonds. The Kier molecular flexibility index (Phi) is 6.35. The van der Waals surface area contributed by atoms with E-state index in [2.05, 4.69) is 0 Å². The van der Waals surface area contributed by atoms with Gasteiger partial charge in [0.2, 0.25) is 5.91 Å². The number of hydrogen-bond acceptors (Lipinski definition) is 4. The number of piperidine rings is 1.